The van der Waals surface area contributed by atoms with E-state index >= 15 is 0 Å². The summed E-state index contributed by atoms with van der Waals surface area (Å²) >= 11 is 0. The van der Waals surface area contributed by atoms with E-state index in [0.29, 0.717) is 49.8 Å². The van der Waals surface area contributed by atoms with Gasteiger partial charge in [-0.25, -0.2) is 9.18 Å². The Morgan fingerprint density at radius 1 is 1.03 bits per heavy atom. The van der Waals surface area contributed by atoms with Gasteiger partial charge in [0.25, 0.3) is 5.91 Å². The quantitative estimate of drug-likeness (QED) is 0.835. The van der Waals surface area contributed by atoms with Crippen molar-refractivity contribution in [2.75, 3.05) is 32.7 Å². The predicted molar refractivity (Wildman–Crippen MR) is 111 cm³/mol. The van der Waals surface area contributed by atoms with Gasteiger partial charge in [0.15, 0.2) is 0 Å². The molecule has 1 fully saturated rings. The van der Waals surface area contributed by atoms with Crippen LogP contribution in [0.25, 0.3) is 0 Å². The Kier molecular flexibility index (Phi) is 6.86. The summed E-state index contributed by atoms with van der Waals surface area (Å²) < 4.78 is 13.7. The van der Waals surface area contributed by atoms with Gasteiger partial charge in [-0.3, -0.25) is 4.79 Å². The molecule has 0 radical (unpaired) electrons. The standard InChI is InChI=1S/C23H28FN3O2/c1-17(19-6-4-3-5-7-19)10-11-25-23(29)27-14-12-26(13-15-27)22(28)20-9-8-18(2)21(24)16-20/h3-9,16-17H,10-15H2,1-2H3,(H,25,29). The van der Waals surface area contributed by atoms with Crippen LogP contribution in [0.1, 0.15) is 40.7 Å². The molecule has 0 aromatic heterocycles. The lowest BCUT2D eigenvalue weighted by atomic mass is 9.98. The molecule has 1 heterocycles. The zero-order chi connectivity index (χ0) is 20.8. The molecule has 1 aliphatic rings. The zero-order valence-electron chi connectivity index (χ0n) is 17.0. The van der Waals surface area contributed by atoms with Crippen LogP contribution in [0.5, 0.6) is 0 Å². The molecular weight excluding hydrogens is 369 g/mol. The van der Waals surface area contributed by atoms with E-state index < -0.39 is 0 Å². The zero-order valence-corrected chi connectivity index (χ0v) is 17.0. The van der Waals surface area contributed by atoms with Gasteiger partial charge in [-0.1, -0.05) is 43.3 Å². The summed E-state index contributed by atoms with van der Waals surface area (Å²) in [6.45, 7) is 6.27. The minimum atomic E-state index is -0.376. The maximum Gasteiger partial charge on any atom is 0.317 e. The maximum atomic E-state index is 13.7. The third-order valence-electron chi connectivity index (χ3n) is 5.50. The Morgan fingerprint density at radius 3 is 2.34 bits per heavy atom. The van der Waals surface area contributed by atoms with E-state index in [-0.39, 0.29) is 17.8 Å². The highest BCUT2D eigenvalue weighted by molar-refractivity contribution is 5.94. The van der Waals surface area contributed by atoms with Gasteiger partial charge in [0, 0.05) is 38.3 Å². The third-order valence-corrected chi connectivity index (χ3v) is 5.50. The third kappa shape index (κ3) is 5.34. The smallest absolute Gasteiger partial charge is 0.317 e. The van der Waals surface area contributed by atoms with Gasteiger partial charge in [-0.2, -0.15) is 0 Å². The molecule has 0 saturated carbocycles. The van der Waals surface area contributed by atoms with Crippen LogP contribution in [0.3, 0.4) is 0 Å². The predicted octanol–water partition coefficient (Wildman–Crippen LogP) is 3.80. The first-order valence-electron chi connectivity index (χ1n) is 10.1. The minimum Gasteiger partial charge on any atom is -0.338 e. The molecule has 5 nitrogen and oxygen atoms in total. The van der Waals surface area contributed by atoms with Crippen molar-refractivity contribution in [1.29, 1.82) is 0 Å². The second-order valence-electron chi connectivity index (χ2n) is 7.58. The molecule has 0 spiro atoms. The number of piperazine rings is 1. The molecule has 2 aromatic rings. The normalized spacial score (nSPS) is 15.1. The van der Waals surface area contributed by atoms with Crippen LogP contribution >= 0.6 is 0 Å². The highest BCUT2D eigenvalue weighted by Crippen LogP contribution is 2.17. The summed E-state index contributed by atoms with van der Waals surface area (Å²) in [5.41, 5.74) is 2.13. The maximum absolute atomic E-state index is 13.7. The summed E-state index contributed by atoms with van der Waals surface area (Å²) in [6, 6.07) is 14.7. The summed E-state index contributed by atoms with van der Waals surface area (Å²) in [4.78, 5) is 28.4. The van der Waals surface area contributed by atoms with Crippen molar-refractivity contribution >= 4 is 11.9 Å². The molecule has 2 aromatic carbocycles. The Balaban J connectivity index is 1.43. The number of carbonyl (C=O) groups excluding carboxylic acids is 2. The second kappa shape index (κ2) is 9.54. The van der Waals surface area contributed by atoms with Crippen molar-refractivity contribution in [3.05, 3.63) is 71.0 Å². The second-order valence-corrected chi connectivity index (χ2v) is 7.58. The SMILES string of the molecule is Cc1ccc(C(=O)N2CCN(C(=O)NCCC(C)c3ccccc3)CC2)cc1F. The average Bonchev–Trinajstić information content (AvgIpc) is 2.75. The lowest BCUT2D eigenvalue weighted by Crippen LogP contribution is -2.53. The summed E-state index contributed by atoms with van der Waals surface area (Å²) in [6.07, 6.45) is 0.868. The fraction of sp³-hybridized carbons (Fsp3) is 0.391. The Hall–Kier alpha value is -2.89. The van der Waals surface area contributed by atoms with Crippen LogP contribution in [0.2, 0.25) is 0 Å². The molecule has 29 heavy (non-hydrogen) atoms. The number of nitrogens with one attached hydrogen (secondary N) is 1. The summed E-state index contributed by atoms with van der Waals surface area (Å²) in [5, 5.41) is 2.98. The minimum absolute atomic E-state index is 0.0984. The summed E-state index contributed by atoms with van der Waals surface area (Å²) in [7, 11) is 0. The number of rotatable bonds is 5. The van der Waals surface area contributed by atoms with Gasteiger partial charge in [-0.15, -0.1) is 0 Å². The molecule has 1 N–H and O–H groups in total. The van der Waals surface area contributed by atoms with E-state index in [1.807, 2.05) is 18.2 Å². The van der Waals surface area contributed by atoms with Gasteiger partial charge >= 0.3 is 6.03 Å². The van der Waals surface area contributed by atoms with Gasteiger partial charge in [-0.05, 0) is 42.5 Å². The van der Waals surface area contributed by atoms with Crippen LogP contribution in [-0.4, -0.2) is 54.5 Å². The molecule has 6 heteroatoms. The topological polar surface area (TPSA) is 52.7 Å². The van der Waals surface area contributed by atoms with E-state index in [9.17, 15) is 14.0 Å². The number of halogens is 1. The molecule has 1 atom stereocenters. The molecule has 1 unspecified atom stereocenters. The number of aryl methyl sites for hydroxylation is 1. The van der Waals surface area contributed by atoms with E-state index in [1.54, 1.807) is 28.9 Å². The molecule has 154 valence electrons. The first-order valence-corrected chi connectivity index (χ1v) is 10.1. The van der Waals surface area contributed by atoms with Crippen molar-refractivity contribution in [3.63, 3.8) is 0 Å². The van der Waals surface area contributed by atoms with Gasteiger partial charge in [0.2, 0.25) is 0 Å². The van der Waals surface area contributed by atoms with Crippen molar-refractivity contribution in [3.8, 4) is 0 Å². The number of carbonyl (C=O) groups is 2. The Morgan fingerprint density at radius 2 is 1.69 bits per heavy atom. The lowest BCUT2D eigenvalue weighted by Gasteiger charge is -2.34. The number of hydrogen-bond donors (Lipinski definition) is 1. The van der Waals surface area contributed by atoms with Crippen LogP contribution in [0.15, 0.2) is 48.5 Å². The molecule has 1 saturated heterocycles. The number of hydrogen-bond acceptors (Lipinski definition) is 2. The Labute approximate surface area is 171 Å². The lowest BCUT2D eigenvalue weighted by molar-refractivity contribution is 0.0664. The van der Waals surface area contributed by atoms with Crippen LogP contribution in [0.4, 0.5) is 9.18 Å². The molecule has 0 bridgehead atoms. The fourth-order valence-electron chi connectivity index (χ4n) is 3.48. The molecule has 0 aliphatic carbocycles. The molecule has 3 rings (SSSR count). The van der Waals surface area contributed by atoms with Crippen molar-refractivity contribution in [2.24, 2.45) is 0 Å². The van der Waals surface area contributed by atoms with E-state index in [4.69, 9.17) is 0 Å². The van der Waals surface area contributed by atoms with Crippen molar-refractivity contribution in [1.82, 2.24) is 15.1 Å². The average molecular weight is 397 g/mol. The first kappa shape index (κ1) is 20.8. The highest BCUT2D eigenvalue weighted by atomic mass is 19.1. The highest BCUT2D eigenvalue weighted by Gasteiger charge is 2.25. The monoisotopic (exact) mass is 397 g/mol. The fourth-order valence-corrected chi connectivity index (χ4v) is 3.48. The summed E-state index contributed by atoms with van der Waals surface area (Å²) in [5.74, 6) is -0.194. The van der Waals surface area contributed by atoms with Crippen LogP contribution < -0.4 is 5.32 Å². The number of urea groups is 1. The van der Waals surface area contributed by atoms with Gasteiger partial charge in [0.1, 0.15) is 5.82 Å². The van der Waals surface area contributed by atoms with E-state index in [1.165, 1.54) is 11.6 Å². The van der Waals surface area contributed by atoms with Gasteiger partial charge < -0.3 is 15.1 Å². The van der Waals surface area contributed by atoms with Crippen LogP contribution in [-0.2, 0) is 0 Å². The number of amides is 3. The van der Waals surface area contributed by atoms with Crippen LogP contribution in [0, 0.1) is 12.7 Å². The van der Waals surface area contributed by atoms with Crippen molar-refractivity contribution < 1.29 is 14.0 Å². The number of nitrogens with zero attached hydrogens (tertiary/aromatic N) is 2. The molecule has 3 amide bonds. The first-order chi connectivity index (χ1) is 14.0. The van der Waals surface area contributed by atoms with E-state index in [0.717, 1.165) is 6.42 Å². The van der Waals surface area contributed by atoms with Gasteiger partial charge in [0.05, 0.1) is 0 Å². The van der Waals surface area contributed by atoms with Crippen molar-refractivity contribution in [2.45, 2.75) is 26.2 Å². The molecule has 1 aliphatic heterocycles. The number of benzene rings is 2. The largest absolute Gasteiger partial charge is 0.338 e. The Bertz CT molecular complexity index is 848. The molecular formula is C23H28FN3O2. The van der Waals surface area contributed by atoms with E-state index in [2.05, 4.69) is 24.4 Å².